The molecular weight excluding hydrogens is 1280 g/mol. The number of phosphoric ester groups is 1. The van der Waals surface area contributed by atoms with Crippen LogP contribution in [0.25, 0.3) is 5.57 Å². The topological polar surface area (TPSA) is 324 Å². The van der Waals surface area contributed by atoms with Crippen LogP contribution in [0.2, 0.25) is 0 Å². The lowest BCUT2D eigenvalue weighted by atomic mass is 9.81. The van der Waals surface area contributed by atoms with Crippen LogP contribution in [0.3, 0.4) is 0 Å². The third-order valence-electron chi connectivity index (χ3n) is 15.9. The first kappa shape index (κ1) is 65.3. The number of benzene rings is 3. The molecule has 3 unspecified atom stereocenters. The van der Waals surface area contributed by atoms with Crippen LogP contribution in [0.5, 0.6) is 11.5 Å². The van der Waals surface area contributed by atoms with Crippen LogP contribution >= 0.6 is 66.6 Å². The quantitative estimate of drug-likeness (QED) is 0.00873. The highest BCUT2D eigenvalue weighted by Gasteiger charge is 2.47. The maximum absolute atomic E-state index is 14.0. The van der Waals surface area contributed by atoms with E-state index in [1.54, 1.807) is 22.9 Å². The van der Waals surface area contributed by atoms with Crippen molar-refractivity contribution >= 4 is 101 Å². The number of carbonyl (C=O) groups excluding carboxylic acids is 1. The Hall–Kier alpha value is -4.20. The van der Waals surface area contributed by atoms with E-state index in [9.17, 15) is 38.2 Å². The summed E-state index contributed by atoms with van der Waals surface area (Å²) in [4.78, 5) is 78.3. The minimum absolute atomic E-state index is 0.0489. The second-order valence-electron chi connectivity index (χ2n) is 23.9. The summed E-state index contributed by atoms with van der Waals surface area (Å²) in [5, 5.41) is 16.3. The summed E-state index contributed by atoms with van der Waals surface area (Å²) in [6.07, 6.45) is 6.68. The van der Waals surface area contributed by atoms with Gasteiger partial charge in [-0.2, -0.15) is 8.62 Å². The highest BCUT2D eigenvalue weighted by atomic mass is 33.1. The van der Waals surface area contributed by atoms with Gasteiger partial charge in [-0.1, -0.05) is 81.9 Å². The Bertz CT molecular complexity index is 3780. The molecule has 6 atom stereocenters. The number of anilines is 3. The normalized spacial score (nSPS) is 21.6. The first-order chi connectivity index (χ1) is 41.7. The predicted molar refractivity (Wildman–Crippen MR) is 338 cm³/mol. The predicted octanol–water partition coefficient (Wildman–Crippen LogP) is 7.64. The van der Waals surface area contributed by atoms with Crippen molar-refractivity contribution in [3.05, 3.63) is 97.3 Å². The van der Waals surface area contributed by atoms with Crippen molar-refractivity contribution in [3.63, 3.8) is 0 Å². The monoisotopic (exact) mass is 1350 g/mol. The van der Waals surface area contributed by atoms with Crippen molar-refractivity contribution in [3.8, 4) is 23.3 Å². The van der Waals surface area contributed by atoms with Gasteiger partial charge >= 0.3 is 29.4 Å². The summed E-state index contributed by atoms with van der Waals surface area (Å²) >= 11 is 0. The molecule has 474 valence electrons. The number of hydrogen-bond donors (Lipinski definition) is 7. The Balaban J connectivity index is 0.721. The van der Waals surface area contributed by atoms with Crippen LogP contribution in [0.4, 0.5) is 17.3 Å². The van der Waals surface area contributed by atoms with E-state index in [0.717, 1.165) is 105 Å². The molecule has 31 heteroatoms. The Labute approximate surface area is 525 Å². The Kier molecular flexibility index (Phi) is 19.6. The summed E-state index contributed by atoms with van der Waals surface area (Å²) in [7, 11) is -10.9. The van der Waals surface area contributed by atoms with Gasteiger partial charge in [0.1, 0.15) is 73.4 Å². The molecule has 0 spiro atoms. The summed E-state index contributed by atoms with van der Waals surface area (Å²) in [5.74, 6) is 7.01. The fraction of sp³-hybridized carbons (Fsp3) is 0.526. The first-order valence-electron chi connectivity index (χ1n) is 28.9. The van der Waals surface area contributed by atoms with Gasteiger partial charge in [-0.3, -0.25) is 9.32 Å². The van der Waals surface area contributed by atoms with Gasteiger partial charge in [-0.25, -0.2) is 33.0 Å². The van der Waals surface area contributed by atoms with E-state index >= 15 is 0 Å². The zero-order chi connectivity index (χ0) is 62.5. The molecule has 88 heavy (non-hydrogen) atoms. The highest BCUT2D eigenvalue weighted by Crippen LogP contribution is 2.66. The smallest absolute Gasteiger partial charge is 0.478 e. The number of aryl methyl sites for hydroxylation is 2. The molecule has 8 heterocycles. The van der Waals surface area contributed by atoms with Crippen LogP contribution in [-0.2, 0) is 66.7 Å². The molecule has 1 aromatic heterocycles. The largest absolute Gasteiger partial charge is 0.490 e. The van der Waals surface area contributed by atoms with Crippen LogP contribution in [0.15, 0.2) is 36.7 Å². The maximum Gasteiger partial charge on any atom is 0.490 e. The molecule has 1 amide bonds. The standard InChI is InChI=1S/C57H70N7O17P3S4/c1-56(2,3)87-86-32-76-43-26-45(78-44(43)28-77-83(71,72)81-84(73,74)80-82(68,69)70)64-27-36(46-52(58)60-30-61-53(46)64)13-10-22-75-31-85-88-57(4,5)29-59-54(65)35-16-17-37(40(25-35)55(66)67)47-41-23-33-11-6-18-62-20-8-14-38(48(33)62)50(41)79-51-39-15-9-21-63-19-7-12-34(49(39)63)24-42(47)51/h16-17,23-25,30,36,43-45H,6-9,11-12,14-15,18-22,26-29,31-32H2,1-5H3,(H7-,58,59,60,61,65,66,67,68,69,70,71,72,73,74)/p+1/t36?,43-,44-,45-/m1/s1. The fourth-order valence-corrected chi connectivity index (χ4v) is 19.7. The molecule has 1 saturated heterocycles. The molecule has 0 aliphatic carbocycles. The van der Waals surface area contributed by atoms with Gasteiger partial charge in [-0.05, 0) is 87.8 Å². The summed E-state index contributed by atoms with van der Waals surface area (Å²) in [5.41, 5.74) is 15.8. The lowest BCUT2D eigenvalue weighted by Gasteiger charge is -2.39. The second-order valence-corrected chi connectivity index (χ2v) is 34.4. The zero-order valence-electron chi connectivity index (χ0n) is 49.1. The summed E-state index contributed by atoms with van der Waals surface area (Å²) < 4.78 is 76.1. The van der Waals surface area contributed by atoms with Crippen LogP contribution in [0.1, 0.15) is 132 Å². The van der Waals surface area contributed by atoms with E-state index in [2.05, 4.69) is 57.4 Å². The first-order valence-corrected chi connectivity index (χ1v) is 38.1. The SMILES string of the molecule is CC(C)(C)SSCO[C@@H]1C[C@H](N2CC(C#CCOCSSC(C)(C)CNC(=O)c3ccc(C4=c5cc6c7c(c5Oc5c4cc4c8c5CCCN8CCC4)CCC[N+]=7CCC6)c(C(=O)O)c3)c3c(N)ncnc32)O[C@@H]1COP(=O)(O)OP(=O)(O)OP(=O)(O)O. The van der Waals surface area contributed by atoms with Gasteiger partial charge in [0.2, 0.25) is 5.36 Å². The van der Waals surface area contributed by atoms with Crippen molar-refractivity contribution in [1.29, 1.82) is 0 Å². The van der Waals surface area contributed by atoms with Crippen LogP contribution < -0.4 is 40.7 Å². The number of aromatic carboxylic acids is 1. The average molecular weight is 1350 g/mol. The molecule has 7 aliphatic rings. The van der Waals surface area contributed by atoms with Gasteiger partial charge in [0.15, 0.2) is 0 Å². The third kappa shape index (κ3) is 14.8. The molecule has 0 saturated carbocycles. The van der Waals surface area contributed by atoms with E-state index < -0.39 is 71.1 Å². The highest BCUT2D eigenvalue weighted by molar-refractivity contribution is 8.77. The Morgan fingerprint density at radius 3 is 2.38 bits per heavy atom. The number of carboxylic acid groups (broad SMARTS) is 1. The van der Waals surface area contributed by atoms with E-state index in [4.69, 9.17) is 39.0 Å². The number of carbonyl (C=O) groups is 2. The molecule has 11 rings (SSSR count). The van der Waals surface area contributed by atoms with Gasteiger partial charge in [-0.15, -0.1) is 0 Å². The van der Waals surface area contributed by atoms with Crippen LogP contribution in [-0.4, -0.2) is 139 Å². The molecule has 0 bridgehead atoms. The number of nitrogens with two attached hydrogens (primary N) is 1. The van der Waals surface area contributed by atoms with Crippen molar-refractivity contribution in [1.82, 2.24) is 19.9 Å². The molecule has 7 aliphatic heterocycles. The van der Waals surface area contributed by atoms with Crippen LogP contribution in [0, 0.1) is 11.8 Å². The van der Waals surface area contributed by atoms with Gasteiger partial charge in [0.05, 0.1) is 35.3 Å². The maximum atomic E-state index is 14.0. The number of phosphoric acid groups is 3. The Morgan fingerprint density at radius 2 is 1.61 bits per heavy atom. The third-order valence-corrected chi connectivity index (χ3v) is 25.7. The molecular formula is C57H71N7O17P3S4+. The number of carboxylic acids is 1. The number of fused-ring (bicyclic) bond motifs is 5. The summed E-state index contributed by atoms with van der Waals surface area (Å²) in [6, 6.07) is 9.54. The second kappa shape index (κ2) is 26.4. The lowest BCUT2D eigenvalue weighted by molar-refractivity contribution is -0.0361. The average Bonchev–Trinajstić information content (AvgIpc) is 0.905. The van der Waals surface area contributed by atoms with E-state index in [1.807, 2.05) is 39.5 Å². The number of hydrogen-bond acceptors (Lipinski definition) is 21. The molecule has 8 N–H and O–H groups in total. The van der Waals surface area contributed by atoms with Gasteiger partial charge in [0, 0.05) is 93.7 Å². The number of rotatable bonds is 22. The minimum Gasteiger partial charge on any atom is -0.478 e. The fourth-order valence-electron chi connectivity index (χ4n) is 12.5. The number of nitrogens with one attached hydrogen (secondary N) is 1. The van der Waals surface area contributed by atoms with Crippen molar-refractivity contribution < 1.29 is 80.1 Å². The molecule has 24 nitrogen and oxygen atoms in total. The molecule has 3 aromatic carbocycles. The molecule has 1 fully saturated rings. The number of ether oxygens (including phenoxy) is 4. The minimum atomic E-state index is -5.76. The molecule has 0 radical (unpaired) electrons. The number of nitrogen functional groups attached to an aromatic ring is 1. The van der Waals surface area contributed by atoms with Gasteiger partial charge in [0.25, 0.3) is 5.91 Å². The molecule has 4 aromatic rings. The van der Waals surface area contributed by atoms with E-state index in [1.165, 1.54) is 78.1 Å². The van der Waals surface area contributed by atoms with E-state index in [0.29, 0.717) is 16.9 Å². The number of amides is 1. The summed E-state index contributed by atoms with van der Waals surface area (Å²) in [6.45, 7) is 14.0. The number of aromatic nitrogens is 2. The Morgan fingerprint density at radius 1 is 0.875 bits per heavy atom. The van der Waals surface area contributed by atoms with Gasteiger partial charge < -0.3 is 64.5 Å². The zero-order valence-corrected chi connectivity index (χ0v) is 55.1. The van der Waals surface area contributed by atoms with E-state index in [-0.39, 0.29) is 59.7 Å². The van der Waals surface area contributed by atoms with Crippen molar-refractivity contribution in [2.24, 2.45) is 0 Å². The van der Waals surface area contributed by atoms with Crippen molar-refractivity contribution in [2.75, 3.05) is 79.9 Å². The number of nitrogens with zero attached hydrogens (tertiary/aromatic N) is 5. The lowest BCUT2D eigenvalue weighted by Crippen LogP contribution is -2.45. The van der Waals surface area contributed by atoms with Crippen molar-refractivity contribution in [2.45, 2.75) is 126 Å².